The van der Waals surface area contributed by atoms with E-state index in [1.807, 2.05) is 6.07 Å². The van der Waals surface area contributed by atoms with Gasteiger partial charge in [0.15, 0.2) is 17.6 Å². The number of nitrogens with two attached hydrogens (primary N) is 2. The summed E-state index contributed by atoms with van der Waals surface area (Å²) in [4.78, 5) is 49.1. The summed E-state index contributed by atoms with van der Waals surface area (Å²) in [7, 11) is 0. The average molecular weight is 542 g/mol. The van der Waals surface area contributed by atoms with Gasteiger partial charge in [-0.2, -0.15) is 0 Å². The molecular formula is C24H31N9O6. The van der Waals surface area contributed by atoms with Gasteiger partial charge in [0.25, 0.3) is 5.91 Å². The minimum Gasteiger partial charge on any atom is -0.492 e. The number of guanidine groups is 2. The standard InChI is InChI=1S/C24H31N9O6/c1-22(2)6-7-39-16-11(4-3-5-12(16)22)18(35)29-14-10-33-20(26)28-13(9-32-15(34)8-27-21(32)36)17-23(33,24(14,37)38)31-19(25)30-17/h3-5,13-14,17,37-38H,6-10H2,1-2H3,(H2,26,28)(H,27,36)(H,29,35)(H3,25,30,31)/t13-,14?,17?,23?/m0/s1. The number of imide groups is 1. The van der Waals surface area contributed by atoms with Crippen molar-refractivity contribution < 1.29 is 29.3 Å². The number of aliphatic imine (C=N–C) groups is 2. The summed E-state index contributed by atoms with van der Waals surface area (Å²) in [6.07, 6.45) is 0.792. The zero-order valence-electron chi connectivity index (χ0n) is 21.5. The Balaban J connectivity index is 1.32. The predicted octanol–water partition coefficient (Wildman–Crippen LogP) is -2.93. The second-order valence-corrected chi connectivity index (χ2v) is 11.1. The first-order valence-electron chi connectivity index (χ1n) is 12.7. The van der Waals surface area contributed by atoms with E-state index in [2.05, 4.69) is 39.8 Å². The molecule has 15 heteroatoms. The first-order valence-corrected chi connectivity index (χ1v) is 12.7. The third kappa shape index (κ3) is 3.45. The lowest BCUT2D eigenvalue weighted by Gasteiger charge is -2.49. The maximum absolute atomic E-state index is 13.5. The zero-order chi connectivity index (χ0) is 27.9. The molecule has 5 aliphatic rings. The molecule has 0 radical (unpaired) electrons. The maximum Gasteiger partial charge on any atom is 0.324 e. The molecule has 0 bridgehead atoms. The maximum atomic E-state index is 13.5. The minimum atomic E-state index is -2.66. The molecule has 5 heterocycles. The second-order valence-electron chi connectivity index (χ2n) is 11.1. The van der Waals surface area contributed by atoms with Gasteiger partial charge in [-0.15, -0.1) is 0 Å². The number of amides is 4. The van der Waals surface area contributed by atoms with Crippen molar-refractivity contribution in [3.8, 4) is 5.75 Å². The fourth-order valence-corrected chi connectivity index (χ4v) is 6.25. The third-order valence-electron chi connectivity index (χ3n) is 8.38. The zero-order valence-corrected chi connectivity index (χ0v) is 21.5. The summed E-state index contributed by atoms with van der Waals surface area (Å²) in [6, 6.07) is 1.44. The van der Waals surface area contributed by atoms with E-state index in [1.165, 1.54) is 4.90 Å². The summed E-state index contributed by atoms with van der Waals surface area (Å²) in [5.41, 5.74) is 11.4. The largest absolute Gasteiger partial charge is 0.492 e. The lowest BCUT2D eigenvalue weighted by Crippen LogP contribution is -2.78. The number of hydrogen-bond donors (Lipinski definition) is 7. The Morgan fingerprint density at radius 1 is 1.26 bits per heavy atom. The van der Waals surface area contributed by atoms with Crippen LogP contribution in [0.15, 0.2) is 28.2 Å². The van der Waals surface area contributed by atoms with Crippen LogP contribution in [0.1, 0.15) is 36.2 Å². The number of carbonyl (C=O) groups is 3. The molecule has 9 N–H and O–H groups in total. The van der Waals surface area contributed by atoms with Gasteiger partial charge in [-0.3, -0.25) is 14.5 Å². The van der Waals surface area contributed by atoms with Gasteiger partial charge >= 0.3 is 6.03 Å². The van der Waals surface area contributed by atoms with Crippen LogP contribution in [0.4, 0.5) is 4.79 Å². The van der Waals surface area contributed by atoms with Crippen molar-refractivity contribution >= 4 is 29.8 Å². The van der Waals surface area contributed by atoms with Gasteiger partial charge < -0.3 is 47.3 Å². The number of para-hydroxylation sites is 1. The van der Waals surface area contributed by atoms with Crippen LogP contribution in [0.2, 0.25) is 0 Å². The molecule has 3 unspecified atom stereocenters. The highest BCUT2D eigenvalue weighted by Gasteiger charge is 2.73. The molecule has 1 aromatic rings. The van der Waals surface area contributed by atoms with E-state index in [9.17, 15) is 24.6 Å². The lowest BCUT2D eigenvalue weighted by molar-refractivity contribution is -0.230. The van der Waals surface area contributed by atoms with E-state index >= 15 is 0 Å². The van der Waals surface area contributed by atoms with Gasteiger partial charge in [-0.05, 0) is 17.9 Å². The molecule has 208 valence electrons. The SMILES string of the molecule is CC1(C)CCOc2c(C(=O)NC3CN4C(N)=N[C@@H](CN5C(=O)CNC5=O)C5N=C(N)NC54C3(O)O)cccc21. The Bertz CT molecular complexity index is 1330. The van der Waals surface area contributed by atoms with Crippen LogP contribution in [0.3, 0.4) is 0 Å². The number of fused-ring (bicyclic) bond motifs is 1. The van der Waals surface area contributed by atoms with Crippen molar-refractivity contribution in [1.82, 2.24) is 25.8 Å². The summed E-state index contributed by atoms with van der Waals surface area (Å²) >= 11 is 0. The molecule has 0 saturated carbocycles. The molecule has 0 aromatic heterocycles. The predicted molar refractivity (Wildman–Crippen MR) is 137 cm³/mol. The van der Waals surface area contributed by atoms with Crippen LogP contribution in [-0.2, 0) is 10.2 Å². The summed E-state index contributed by atoms with van der Waals surface area (Å²) in [5.74, 6) is -3.42. The van der Waals surface area contributed by atoms with Crippen molar-refractivity contribution in [2.45, 2.75) is 55.3 Å². The van der Waals surface area contributed by atoms with Crippen molar-refractivity contribution in [1.29, 1.82) is 0 Å². The molecule has 6 rings (SSSR count). The number of ether oxygens (including phenoxy) is 1. The highest BCUT2D eigenvalue weighted by molar-refractivity contribution is 6.02. The molecular weight excluding hydrogens is 510 g/mol. The molecule has 4 amide bonds. The number of carbonyl (C=O) groups excluding carboxylic acids is 3. The fourth-order valence-electron chi connectivity index (χ4n) is 6.25. The van der Waals surface area contributed by atoms with Crippen molar-refractivity contribution in [2.75, 3.05) is 26.2 Å². The van der Waals surface area contributed by atoms with Crippen molar-refractivity contribution in [3.05, 3.63) is 29.3 Å². The van der Waals surface area contributed by atoms with Gasteiger partial charge in [0, 0.05) is 12.1 Å². The highest BCUT2D eigenvalue weighted by atomic mass is 16.5. The molecule has 1 spiro atoms. The normalized spacial score (nSPS) is 31.7. The van der Waals surface area contributed by atoms with Crippen molar-refractivity contribution in [3.63, 3.8) is 0 Å². The van der Waals surface area contributed by atoms with Gasteiger partial charge in [0.05, 0.1) is 31.3 Å². The van der Waals surface area contributed by atoms with Crippen LogP contribution < -0.4 is 32.2 Å². The molecule has 1 aromatic carbocycles. The van der Waals surface area contributed by atoms with Gasteiger partial charge in [-0.1, -0.05) is 26.0 Å². The Morgan fingerprint density at radius 2 is 2.03 bits per heavy atom. The van der Waals surface area contributed by atoms with E-state index in [1.54, 1.807) is 12.1 Å². The quantitative estimate of drug-likeness (QED) is 0.152. The Hall–Kier alpha value is -4.11. The number of rotatable bonds is 4. The summed E-state index contributed by atoms with van der Waals surface area (Å²) in [5, 5.41) is 31.3. The van der Waals surface area contributed by atoms with Crippen LogP contribution in [0.25, 0.3) is 0 Å². The molecule has 39 heavy (non-hydrogen) atoms. The third-order valence-corrected chi connectivity index (χ3v) is 8.38. The molecule has 2 saturated heterocycles. The Kier molecular flexibility index (Phi) is 5.29. The highest BCUT2D eigenvalue weighted by Crippen LogP contribution is 2.45. The van der Waals surface area contributed by atoms with Crippen molar-refractivity contribution in [2.24, 2.45) is 21.5 Å². The Morgan fingerprint density at radius 3 is 2.74 bits per heavy atom. The lowest BCUT2D eigenvalue weighted by atomic mass is 9.79. The Labute approximate surface area is 223 Å². The van der Waals surface area contributed by atoms with Crippen LogP contribution >= 0.6 is 0 Å². The van der Waals surface area contributed by atoms with Crippen LogP contribution in [0, 0.1) is 0 Å². The van der Waals surface area contributed by atoms with Gasteiger partial charge in [0.1, 0.15) is 17.8 Å². The summed E-state index contributed by atoms with van der Waals surface area (Å²) in [6.45, 7) is 4.09. The second kappa shape index (κ2) is 8.19. The first-order chi connectivity index (χ1) is 18.4. The number of urea groups is 1. The number of hydrogen-bond acceptors (Lipinski definition) is 12. The van der Waals surface area contributed by atoms with E-state index < -0.39 is 47.4 Å². The number of nitrogens with zero attached hydrogens (tertiary/aromatic N) is 4. The smallest absolute Gasteiger partial charge is 0.324 e. The number of nitrogens with one attached hydrogen (secondary N) is 3. The minimum absolute atomic E-state index is 0.0906. The monoisotopic (exact) mass is 541 g/mol. The fraction of sp³-hybridized carbons (Fsp3) is 0.542. The molecule has 15 nitrogen and oxygen atoms in total. The molecule has 4 atom stereocenters. The van der Waals surface area contributed by atoms with E-state index in [0.717, 1.165) is 16.9 Å². The van der Waals surface area contributed by atoms with E-state index in [-0.39, 0.29) is 42.5 Å². The van der Waals surface area contributed by atoms with E-state index in [0.29, 0.717) is 12.4 Å². The first kappa shape index (κ1) is 25.2. The number of aliphatic hydroxyl groups is 2. The van der Waals surface area contributed by atoms with Crippen LogP contribution in [0.5, 0.6) is 5.75 Å². The van der Waals surface area contributed by atoms with E-state index in [4.69, 9.17) is 16.2 Å². The molecule has 2 fully saturated rings. The van der Waals surface area contributed by atoms with Gasteiger partial charge in [-0.25, -0.2) is 14.8 Å². The number of benzene rings is 1. The van der Waals surface area contributed by atoms with Gasteiger partial charge in [0.2, 0.25) is 11.7 Å². The molecule has 5 aliphatic heterocycles. The average Bonchev–Trinajstić information content (AvgIpc) is 3.46. The van der Waals surface area contributed by atoms with Crippen LogP contribution in [-0.4, -0.2) is 106 Å². The summed E-state index contributed by atoms with van der Waals surface area (Å²) < 4.78 is 5.87. The topological polar surface area (TPSA) is 220 Å². The molecule has 0 aliphatic carbocycles.